The van der Waals surface area contributed by atoms with E-state index in [0.29, 0.717) is 26.3 Å². The van der Waals surface area contributed by atoms with Crippen LogP contribution in [0.5, 0.6) is 0 Å². The predicted molar refractivity (Wildman–Crippen MR) is 93.0 cm³/mol. The normalized spacial score (nSPS) is 21.3. The summed E-state index contributed by atoms with van der Waals surface area (Å²) in [4.78, 5) is 19.5. The molecule has 0 N–H and O–H groups in total. The molecular weight excluding hydrogens is 389 g/mol. The molecule has 1 atom stereocenters. The van der Waals surface area contributed by atoms with Gasteiger partial charge in [0.25, 0.3) is 5.56 Å². The molecule has 0 amide bonds. The van der Waals surface area contributed by atoms with Gasteiger partial charge in [0.2, 0.25) is 5.95 Å². The van der Waals surface area contributed by atoms with Gasteiger partial charge in [-0.3, -0.25) is 9.36 Å². The van der Waals surface area contributed by atoms with E-state index in [1.807, 2.05) is 0 Å². The van der Waals surface area contributed by atoms with Gasteiger partial charge in [-0.05, 0) is 6.42 Å². The van der Waals surface area contributed by atoms with Crippen molar-refractivity contribution in [1.29, 1.82) is 0 Å². The smallest absolute Gasteiger partial charge is 0.378 e. The van der Waals surface area contributed by atoms with Crippen LogP contribution >= 0.6 is 0 Å². The van der Waals surface area contributed by atoms with Crippen molar-refractivity contribution in [3.8, 4) is 0 Å². The summed E-state index contributed by atoms with van der Waals surface area (Å²) in [5, 5.41) is 0. The molecule has 0 radical (unpaired) electrons. The summed E-state index contributed by atoms with van der Waals surface area (Å²) in [6, 6.07) is -0.580. The number of nitrogens with zero attached hydrogens (tertiary/aromatic N) is 4. The van der Waals surface area contributed by atoms with E-state index in [9.17, 15) is 26.4 Å². The Bertz CT molecular complexity index is 850. The monoisotopic (exact) mass is 410 g/mol. The molecule has 2 aliphatic rings. The number of hydrogen-bond donors (Lipinski definition) is 0. The third-order valence-electron chi connectivity index (χ3n) is 4.65. The molecule has 1 aromatic heterocycles. The van der Waals surface area contributed by atoms with Crippen LogP contribution in [0.3, 0.4) is 0 Å². The van der Waals surface area contributed by atoms with Crippen molar-refractivity contribution >= 4 is 21.6 Å². The molecule has 1 aromatic rings. The van der Waals surface area contributed by atoms with Crippen LogP contribution in [0, 0.1) is 0 Å². The number of alkyl halides is 3. The predicted octanol–water partition coefficient (Wildman–Crippen LogP) is 0.265. The topological polar surface area (TPSA) is 84.7 Å². The first-order valence-electron chi connectivity index (χ1n) is 8.52. The quantitative estimate of drug-likeness (QED) is 0.704. The van der Waals surface area contributed by atoms with Gasteiger partial charge in [0.05, 0.1) is 19.0 Å². The number of morpholine rings is 1. The van der Waals surface area contributed by atoms with Crippen LogP contribution in [-0.4, -0.2) is 75.0 Å². The lowest BCUT2D eigenvalue weighted by atomic mass is 10.1. The molecule has 2 aliphatic heterocycles. The summed E-state index contributed by atoms with van der Waals surface area (Å²) >= 11 is 0. The molecule has 0 aliphatic carbocycles. The van der Waals surface area contributed by atoms with Gasteiger partial charge in [0.15, 0.2) is 0 Å². The number of hydrogen-bond acceptors (Lipinski definition) is 7. The summed E-state index contributed by atoms with van der Waals surface area (Å²) in [7, 11) is -3.49. The minimum absolute atomic E-state index is 0.121. The van der Waals surface area contributed by atoms with Crippen LogP contribution in [-0.2, 0) is 21.1 Å². The highest BCUT2D eigenvalue weighted by Gasteiger charge is 2.47. The minimum atomic E-state index is -4.56. The van der Waals surface area contributed by atoms with Gasteiger partial charge in [-0.15, -0.1) is 0 Å². The molecule has 12 heteroatoms. The van der Waals surface area contributed by atoms with Crippen molar-refractivity contribution in [3.63, 3.8) is 0 Å². The molecule has 27 heavy (non-hydrogen) atoms. The lowest BCUT2D eigenvalue weighted by Gasteiger charge is -2.39. The molecule has 1 unspecified atom stereocenters. The van der Waals surface area contributed by atoms with Crippen LogP contribution in [0.25, 0.3) is 0 Å². The van der Waals surface area contributed by atoms with Gasteiger partial charge in [0.1, 0.15) is 21.7 Å². The van der Waals surface area contributed by atoms with E-state index in [1.165, 1.54) is 10.6 Å². The number of rotatable bonds is 4. The van der Waals surface area contributed by atoms with Crippen LogP contribution in [0.2, 0.25) is 0 Å². The number of halogens is 3. The number of ether oxygens (including phenoxy) is 1. The minimum Gasteiger partial charge on any atom is -0.378 e. The van der Waals surface area contributed by atoms with Crippen molar-refractivity contribution in [2.24, 2.45) is 0 Å². The third-order valence-corrected chi connectivity index (χ3v) is 5.57. The summed E-state index contributed by atoms with van der Waals surface area (Å²) in [5.41, 5.74) is -0.452. The molecule has 0 saturated carbocycles. The van der Waals surface area contributed by atoms with Crippen molar-refractivity contribution in [2.75, 3.05) is 54.7 Å². The van der Waals surface area contributed by atoms with E-state index in [0.717, 1.165) is 11.2 Å². The Balaban J connectivity index is 2.02. The van der Waals surface area contributed by atoms with Crippen molar-refractivity contribution in [3.05, 3.63) is 16.4 Å². The Hall–Kier alpha value is -1.82. The molecule has 0 aromatic carbocycles. The maximum atomic E-state index is 13.5. The fourth-order valence-electron chi connectivity index (χ4n) is 3.27. The van der Waals surface area contributed by atoms with Gasteiger partial charge in [-0.2, -0.15) is 18.2 Å². The van der Waals surface area contributed by atoms with E-state index < -0.39 is 33.4 Å². The fraction of sp³-hybridized carbons (Fsp3) is 0.733. The summed E-state index contributed by atoms with van der Waals surface area (Å²) in [6.45, 7) is 1.31. The Labute approximate surface area is 154 Å². The lowest BCUT2D eigenvalue weighted by molar-refractivity contribution is -0.152. The largest absolute Gasteiger partial charge is 0.408 e. The first-order valence-corrected chi connectivity index (χ1v) is 10.6. The Kier molecular flexibility index (Phi) is 5.39. The highest BCUT2D eigenvalue weighted by Crippen LogP contribution is 2.34. The van der Waals surface area contributed by atoms with E-state index in [-0.39, 0.29) is 31.3 Å². The number of fused-ring (bicyclic) bond motifs is 1. The van der Waals surface area contributed by atoms with Gasteiger partial charge in [0, 0.05) is 38.5 Å². The van der Waals surface area contributed by atoms with Crippen LogP contribution in [0.1, 0.15) is 6.42 Å². The lowest BCUT2D eigenvalue weighted by Crippen LogP contribution is -2.54. The molecule has 3 heterocycles. The van der Waals surface area contributed by atoms with Crippen LogP contribution < -0.4 is 15.4 Å². The van der Waals surface area contributed by atoms with Crippen molar-refractivity contribution < 1.29 is 26.3 Å². The van der Waals surface area contributed by atoms with Gasteiger partial charge >= 0.3 is 6.18 Å². The zero-order chi connectivity index (χ0) is 19.8. The molecule has 3 rings (SSSR count). The number of sulfone groups is 1. The fourth-order valence-corrected chi connectivity index (χ4v) is 3.80. The second-order valence-corrected chi connectivity index (χ2v) is 8.93. The standard InChI is InChI=1S/C15H21F3N4O4S/c1-27(24,25)9-6-21-11(15(16,17)18)2-3-22-13(23)10-12(19-14(21)22)20-4-7-26-8-5-20/h10-11H,2-9H2,1H3. The molecule has 1 saturated heterocycles. The van der Waals surface area contributed by atoms with Gasteiger partial charge < -0.3 is 14.5 Å². The number of aromatic nitrogens is 2. The zero-order valence-corrected chi connectivity index (χ0v) is 15.6. The SMILES string of the molecule is CS(=O)(=O)CCN1c2nc(N3CCOCC3)cc(=O)n2CCC1C(F)(F)F. The first kappa shape index (κ1) is 19.9. The summed E-state index contributed by atoms with van der Waals surface area (Å²) < 4.78 is 70.0. The second kappa shape index (κ2) is 7.30. The molecule has 0 spiro atoms. The highest BCUT2D eigenvalue weighted by molar-refractivity contribution is 7.90. The molecule has 1 fully saturated rings. The van der Waals surface area contributed by atoms with Crippen LogP contribution in [0.15, 0.2) is 10.9 Å². The van der Waals surface area contributed by atoms with E-state index in [4.69, 9.17) is 4.74 Å². The number of anilines is 2. The molecular formula is C15H21F3N4O4S. The summed E-state index contributed by atoms with van der Waals surface area (Å²) in [6.07, 6.45) is -3.93. The average Bonchev–Trinajstić information content (AvgIpc) is 2.58. The van der Waals surface area contributed by atoms with Crippen LogP contribution in [0.4, 0.5) is 24.9 Å². The van der Waals surface area contributed by atoms with E-state index in [2.05, 4.69) is 4.98 Å². The molecule has 0 bridgehead atoms. The average molecular weight is 410 g/mol. The summed E-state index contributed by atoms with van der Waals surface area (Å²) in [5.74, 6) is -0.319. The zero-order valence-electron chi connectivity index (χ0n) is 14.8. The third kappa shape index (κ3) is 4.54. The first-order chi connectivity index (χ1) is 12.6. The van der Waals surface area contributed by atoms with E-state index >= 15 is 0 Å². The Morgan fingerprint density at radius 3 is 2.52 bits per heavy atom. The molecule has 152 valence electrons. The Morgan fingerprint density at radius 2 is 1.93 bits per heavy atom. The second-order valence-electron chi connectivity index (χ2n) is 6.67. The van der Waals surface area contributed by atoms with Gasteiger partial charge in [-0.1, -0.05) is 0 Å². The highest BCUT2D eigenvalue weighted by atomic mass is 32.2. The van der Waals surface area contributed by atoms with Crippen molar-refractivity contribution in [2.45, 2.75) is 25.2 Å². The van der Waals surface area contributed by atoms with Gasteiger partial charge in [-0.25, -0.2) is 8.42 Å². The van der Waals surface area contributed by atoms with Crippen molar-refractivity contribution in [1.82, 2.24) is 9.55 Å². The maximum absolute atomic E-state index is 13.5. The van der Waals surface area contributed by atoms with E-state index in [1.54, 1.807) is 4.90 Å². The molecule has 8 nitrogen and oxygen atoms in total. The Morgan fingerprint density at radius 1 is 1.26 bits per heavy atom. The maximum Gasteiger partial charge on any atom is 0.408 e.